The molecule has 0 amide bonds. The molecule has 0 bridgehead atoms. The average Bonchev–Trinajstić information content (AvgIpc) is 2.41. The molecule has 62 valence electrons. The van der Waals surface area contributed by atoms with E-state index in [1.165, 1.54) is 16.9 Å². The third-order valence-electron chi connectivity index (χ3n) is 1.98. The van der Waals surface area contributed by atoms with Gasteiger partial charge in [-0.15, -0.1) is 0 Å². The van der Waals surface area contributed by atoms with E-state index in [4.69, 9.17) is 0 Å². The van der Waals surface area contributed by atoms with E-state index < -0.39 is 0 Å². The number of fused-ring (bicyclic) bond motifs is 1. The van der Waals surface area contributed by atoms with Crippen LogP contribution >= 0.6 is 11.3 Å². The number of aromatic nitrogens is 1. The summed E-state index contributed by atoms with van der Waals surface area (Å²) in [4.78, 5) is 13.9. The second-order valence-electron chi connectivity index (χ2n) is 2.92. The number of rotatable bonds is 0. The maximum absolute atomic E-state index is 11.1. The van der Waals surface area contributed by atoms with E-state index in [0.717, 1.165) is 15.8 Å². The highest BCUT2D eigenvalue weighted by Gasteiger charge is 2.03. The molecule has 0 aliphatic heterocycles. The highest BCUT2D eigenvalue weighted by Crippen LogP contribution is 2.21. The Hall–Kier alpha value is -1.09. The Morgan fingerprint density at radius 2 is 1.92 bits per heavy atom. The standard InChI is InChI=1S/C9H9NOS/c1-5-3-4-6(2)8-7(5)10-9(11)12-8/h3-4H,1-2H3,(H,10,11). The quantitative estimate of drug-likeness (QED) is 0.660. The molecule has 2 aromatic rings. The van der Waals surface area contributed by atoms with Crippen LogP contribution in [0.4, 0.5) is 0 Å². The van der Waals surface area contributed by atoms with Gasteiger partial charge in [0.05, 0.1) is 10.2 Å². The summed E-state index contributed by atoms with van der Waals surface area (Å²) in [5.41, 5.74) is 3.29. The third kappa shape index (κ3) is 0.975. The van der Waals surface area contributed by atoms with E-state index in [1.807, 2.05) is 26.0 Å². The SMILES string of the molecule is Cc1ccc(C)c2sc(=O)[nH]c12. The highest BCUT2D eigenvalue weighted by molar-refractivity contribution is 7.16. The summed E-state index contributed by atoms with van der Waals surface area (Å²) >= 11 is 1.28. The van der Waals surface area contributed by atoms with Gasteiger partial charge in [-0.25, -0.2) is 0 Å². The molecule has 2 nitrogen and oxygen atoms in total. The van der Waals surface area contributed by atoms with Crippen LogP contribution in [0.5, 0.6) is 0 Å². The largest absolute Gasteiger partial charge is 0.312 e. The number of thiazole rings is 1. The highest BCUT2D eigenvalue weighted by atomic mass is 32.1. The number of aromatic amines is 1. The Balaban J connectivity index is 3.03. The lowest BCUT2D eigenvalue weighted by Gasteiger charge is -1.96. The zero-order valence-corrected chi connectivity index (χ0v) is 7.79. The zero-order chi connectivity index (χ0) is 8.72. The molecule has 1 aromatic carbocycles. The Kier molecular flexibility index (Phi) is 1.54. The minimum Gasteiger partial charge on any atom is -0.312 e. The van der Waals surface area contributed by atoms with Gasteiger partial charge in [0.25, 0.3) is 0 Å². The molecular weight excluding hydrogens is 170 g/mol. The molecule has 3 heteroatoms. The van der Waals surface area contributed by atoms with Crippen molar-refractivity contribution in [2.45, 2.75) is 13.8 Å². The van der Waals surface area contributed by atoms with Gasteiger partial charge in [0.15, 0.2) is 0 Å². The summed E-state index contributed by atoms with van der Waals surface area (Å²) in [7, 11) is 0. The molecule has 1 aromatic heterocycles. The van der Waals surface area contributed by atoms with Crippen molar-refractivity contribution in [3.8, 4) is 0 Å². The topological polar surface area (TPSA) is 32.9 Å². The number of H-pyrrole nitrogens is 1. The molecule has 0 saturated heterocycles. The summed E-state index contributed by atoms with van der Waals surface area (Å²) < 4.78 is 1.08. The number of hydrogen-bond acceptors (Lipinski definition) is 2. The van der Waals surface area contributed by atoms with E-state index in [9.17, 15) is 4.79 Å². The molecule has 0 fully saturated rings. The summed E-state index contributed by atoms with van der Waals surface area (Å²) in [6.45, 7) is 4.02. The third-order valence-corrected chi connectivity index (χ3v) is 3.00. The predicted molar refractivity (Wildman–Crippen MR) is 51.9 cm³/mol. The molecular formula is C9H9NOS. The van der Waals surface area contributed by atoms with Crippen molar-refractivity contribution in [3.05, 3.63) is 32.9 Å². The Labute approximate surface area is 73.9 Å². The Morgan fingerprint density at radius 3 is 2.58 bits per heavy atom. The van der Waals surface area contributed by atoms with Crippen LogP contribution < -0.4 is 4.87 Å². The number of aryl methyl sites for hydroxylation is 2. The van der Waals surface area contributed by atoms with Crippen LogP contribution in [0.3, 0.4) is 0 Å². The van der Waals surface area contributed by atoms with Gasteiger partial charge in [0.1, 0.15) is 0 Å². The van der Waals surface area contributed by atoms with Crippen molar-refractivity contribution in [2.75, 3.05) is 0 Å². The first-order chi connectivity index (χ1) is 5.68. The van der Waals surface area contributed by atoms with Crippen molar-refractivity contribution in [3.63, 3.8) is 0 Å². The zero-order valence-electron chi connectivity index (χ0n) is 6.97. The second-order valence-corrected chi connectivity index (χ2v) is 3.90. The molecule has 0 aliphatic carbocycles. The van der Waals surface area contributed by atoms with Crippen LogP contribution in [0.2, 0.25) is 0 Å². The molecule has 2 rings (SSSR count). The molecule has 0 saturated carbocycles. The van der Waals surface area contributed by atoms with Crippen LogP contribution in [0.1, 0.15) is 11.1 Å². The molecule has 1 N–H and O–H groups in total. The lowest BCUT2D eigenvalue weighted by Crippen LogP contribution is -1.90. The molecule has 0 aliphatic rings. The van der Waals surface area contributed by atoms with Crippen molar-refractivity contribution >= 4 is 21.6 Å². The monoisotopic (exact) mass is 179 g/mol. The van der Waals surface area contributed by atoms with Crippen molar-refractivity contribution in [2.24, 2.45) is 0 Å². The van der Waals surface area contributed by atoms with Crippen molar-refractivity contribution in [1.82, 2.24) is 4.98 Å². The predicted octanol–water partition coefficient (Wildman–Crippen LogP) is 2.21. The van der Waals surface area contributed by atoms with Crippen LogP contribution in [0.25, 0.3) is 10.2 Å². The Bertz CT molecular complexity index is 439. The average molecular weight is 179 g/mol. The van der Waals surface area contributed by atoms with Gasteiger partial charge in [-0.1, -0.05) is 23.5 Å². The first-order valence-electron chi connectivity index (χ1n) is 3.77. The summed E-state index contributed by atoms with van der Waals surface area (Å²) in [5, 5.41) is 0. The van der Waals surface area contributed by atoms with E-state index in [0.29, 0.717) is 0 Å². The lowest BCUT2D eigenvalue weighted by molar-refractivity contribution is 1.36. The van der Waals surface area contributed by atoms with Crippen LogP contribution in [0, 0.1) is 13.8 Å². The van der Waals surface area contributed by atoms with Gasteiger partial charge in [-0.2, -0.15) is 0 Å². The van der Waals surface area contributed by atoms with E-state index in [1.54, 1.807) is 0 Å². The fraction of sp³-hybridized carbons (Fsp3) is 0.222. The summed E-state index contributed by atoms with van der Waals surface area (Å²) in [5.74, 6) is 0. The van der Waals surface area contributed by atoms with E-state index in [-0.39, 0.29) is 4.87 Å². The van der Waals surface area contributed by atoms with Crippen molar-refractivity contribution < 1.29 is 0 Å². The molecule has 0 radical (unpaired) electrons. The molecule has 0 spiro atoms. The second kappa shape index (κ2) is 2.45. The maximum Gasteiger partial charge on any atom is 0.305 e. The van der Waals surface area contributed by atoms with Gasteiger partial charge >= 0.3 is 4.87 Å². The molecule has 12 heavy (non-hydrogen) atoms. The van der Waals surface area contributed by atoms with Crippen LogP contribution in [-0.2, 0) is 0 Å². The fourth-order valence-corrected chi connectivity index (χ4v) is 2.17. The minimum atomic E-state index is 0.0300. The molecule has 0 atom stereocenters. The van der Waals surface area contributed by atoms with Gasteiger partial charge in [-0.05, 0) is 25.0 Å². The van der Waals surface area contributed by atoms with Crippen LogP contribution in [-0.4, -0.2) is 4.98 Å². The molecule has 0 unspecified atom stereocenters. The van der Waals surface area contributed by atoms with Gasteiger partial charge < -0.3 is 4.98 Å². The normalized spacial score (nSPS) is 10.8. The summed E-state index contributed by atoms with van der Waals surface area (Å²) in [6.07, 6.45) is 0. The smallest absolute Gasteiger partial charge is 0.305 e. The van der Waals surface area contributed by atoms with Crippen molar-refractivity contribution in [1.29, 1.82) is 0 Å². The lowest BCUT2D eigenvalue weighted by atomic mass is 10.1. The van der Waals surface area contributed by atoms with E-state index in [2.05, 4.69) is 4.98 Å². The molecule has 1 heterocycles. The minimum absolute atomic E-state index is 0.0300. The van der Waals surface area contributed by atoms with Gasteiger partial charge in [-0.3, -0.25) is 4.79 Å². The van der Waals surface area contributed by atoms with Crippen LogP contribution in [0.15, 0.2) is 16.9 Å². The number of benzene rings is 1. The van der Waals surface area contributed by atoms with Gasteiger partial charge in [0.2, 0.25) is 0 Å². The van der Waals surface area contributed by atoms with Gasteiger partial charge in [0, 0.05) is 0 Å². The Morgan fingerprint density at radius 1 is 1.25 bits per heavy atom. The maximum atomic E-state index is 11.1. The number of hydrogen-bond donors (Lipinski definition) is 1. The van der Waals surface area contributed by atoms with E-state index >= 15 is 0 Å². The first kappa shape index (κ1) is 7.55. The number of nitrogens with one attached hydrogen (secondary N) is 1. The summed E-state index contributed by atoms with van der Waals surface area (Å²) in [6, 6.07) is 4.07. The first-order valence-corrected chi connectivity index (χ1v) is 4.59. The fourth-order valence-electron chi connectivity index (χ4n) is 1.29.